The topological polar surface area (TPSA) is 65.0 Å². The number of hydrogen-bond donors (Lipinski definition) is 0. The molecule has 1 aromatic rings. The van der Waals surface area contributed by atoms with E-state index in [2.05, 4.69) is 4.99 Å². The van der Waals surface area contributed by atoms with E-state index in [0.717, 1.165) is 5.56 Å². The Hall–Kier alpha value is -2.43. The van der Waals surface area contributed by atoms with Gasteiger partial charge in [-0.2, -0.15) is 4.99 Å². The van der Waals surface area contributed by atoms with Crippen molar-refractivity contribution < 1.29 is 19.1 Å². The minimum Gasteiger partial charge on any atom is -0.465 e. The Bertz CT molecular complexity index is 617. The van der Waals surface area contributed by atoms with Gasteiger partial charge in [0.1, 0.15) is 6.61 Å². The number of benzene rings is 1. The third-order valence-electron chi connectivity index (χ3n) is 3.26. The average Bonchev–Trinajstić information content (AvgIpc) is 2.86. The molecule has 2 rings (SSSR count). The molecule has 5 nitrogen and oxygen atoms in total. The summed E-state index contributed by atoms with van der Waals surface area (Å²) >= 11 is 0. The molecule has 1 amide bonds. The van der Waals surface area contributed by atoms with E-state index in [1.807, 2.05) is 36.4 Å². The summed E-state index contributed by atoms with van der Waals surface area (Å²) in [6.45, 7) is 5.04. The normalized spacial score (nSPS) is 18.2. The van der Waals surface area contributed by atoms with E-state index < -0.39 is 11.5 Å². The second-order valence-electron chi connectivity index (χ2n) is 5.80. The van der Waals surface area contributed by atoms with Crippen LogP contribution in [-0.2, 0) is 19.1 Å². The fourth-order valence-electron chi connectivity index (χ4n) is 2.03. The van der Waals surface area contributed by atoms with Crippen molar-refractivity contribution in [1.82, 2.24) is 0 Å². The average molecular weight is 301 g/mol. The Morgan fingerprint density at radius 1 is 1.32 bits per heavy atom. The summed E-state index contributed by atoms with van der Waals surface area (Å²) in [5.41, 5.74) is 0.345. The summed E-state index contributed by atoms with van der Waals surface area (Å²) in [5.74, 6) is -0.469. The Kier molecular flexibility index (Phi) is 4.75. The van der Waals surface area contributed by atoms with Crippen LogP contribution in [0, 0.1) is 5.41 Å². The predicted molar refractivity (Wildman–Crippen MR) is 83.2 cm³/mol. The lowest BCUT2D eigenvalue weighted by Crippen LogP contribution is -2.39. The number of nitrogens with zero attached hydrogens (tertiary/aromatic N) is 1. The van der Waals surface area contributed by atoms with Crippen molar-refractivity contribution in [2.45, 2.75) is 26.9 Å². The highest BCUT2D eigenvalue weighted by Gasteiger charge is 2.42. The van der Waals surface area contributed by atoms with E-state index in [1.54, 1.807) is 19.9 Å². The van der Waals surface area contributed by atoms with Gasteiger partial charge >= 0.3 is 5.97 Å². The standard InChI is InChI=1S/C17H19NO4/c1-12(19)21-11-17(2,3)15-16(20)18-14(22-15)10-9-13-7-5-4-6-8-13/h4-10,15H,11H2,1-3H3. The van der Waals surface area contributed by atoms with Crippen LogP contribution in [0.1, 0.15) is 26.3 Å². The van der Waals surface area contributed by atoms with Crippen LogP contribution < -0.4 is 0 Å². The highest BCUT2D eigenvalue weighted by atomic mass is 16.5. The molecule has 0 saturated carbocycles. The monoisotopic (exact) mass is 301 g/mol. The zero-order valence-electron chi connectivity index (χ0n) is 12.9. The van der Waals surface area contributed by atoms with Crippen LogP contribution in [0.5, 0.6) is 0 Å². The van der Waals surface area contributed by atoms with Gasteiger partial charge in [-0.3, -0.25) is 9.59 Å². The maximum atomic E-state index is 12.0. The van der Waals surface area contributed by atoms with E-state index in [1.165, 1.54) is 6.92 Å². The molecule has 116 valence electrons. The highest BCUT2D eigenvalue weighted by molar-refractivity contribution is 6.06. The van der Waals surface area contributed by atoms with E-state index in [9.17, 15) is 9.59 Å². The molecule has 1 atom stereocenters. The van der Waals surface area contributed by atoms with Crippen molar-refractivity contribution in [3.63, 3.8) is 0 Å². The van der Waals surface area contributed by atoms with Crippen LogP contribution in [0.3, 0.4) is 0 Å². The zero-order valence-corrected chi connectivity index (χ0v) is 12.9. The van der Waals surface area contributed by atoms with Gasteiger partial charge in [-0.05, 0) is 11.6 Å². The van der Waals surface area contributed by atoms with Gasteiger partial charge in [-0.1, -0.05) is 44.2 Å². The van der Waals surface area contributed by atoms with Crippen molar-refractivity contribution in [2.24, 2.45) is 10.4 Å². The minimum atomic E-state index is -0.748. The number of aliphatic imine (C=N–C) groups is 1. The van der Waals surface area contributed by atoms with Gasteiger partial charge in [-0.25, -0.2) is 0 Å². The van der Waals surface area contributed by atoms with Gasteiger partial charge in [0.05, 0.1) is 0 Å². The Balaban J connectivity index is 2.01. The van der Waals surface area contributed by atoms with Gasteiger partial charge in [0.15, 0.2) is 6.10 Å². The maximum absolute atomic E-state index is 12.0. The predicted octanol–water partition coefficient (Wildman–Crippen LogP) is 2.61. The molecule has 0 aliphatic carbocycles. The van der Waals surface area contributed by atoms with Crippen LogP contribution in [0.2, 0.25) is 0 Å². The minimum absolute atomic E-state index is 0.101. The van der Waals surface area contributed by atoms with Crippen molar-refractivity contribution >= 4 is 23.9 Å². The van der Waals surface area contributed by atoms with Crippen LogP contribution in [-0.4, -0.2) is 30.5 Å². The SMILES string of the molecule is CC(=O)OCC(C)(C)C1OC(C=Cc2ccccc2)=NC1=O. The maximum Gasteiger partial charge on any atom is 0.302 e. The molecule has 1 heterocycles. The molecule has 1 unspecified atom stereocenters. The van der Waals surface area contributed by atoms with Gasteiger partial charge < -0.3 is 9.47 Å². The molecule has 0 fully saturated rings. The first-order chi connectivity index (χ1) is 10.4. The van der Waals surface area contributed by atoms with E-state index >= 15 is 0 Å². The number of hydrogen-bond acceptors (Lipinski definition) is 4. The lowest BCUT2D eigenvalue weighted by molar-refractivity contribution is -0.148. The molecule has 5 heteroatoms. The summed E-state index contributed by atoms with van der Waals surface area (Å²) in [5, 5.41) is 0. The number of rotatable bonds is 5. The lowest BCUT2D eigenvalue weighted by atomic mass is 9.87. The Morgan fingerprint density at radius 2 is 2.00 bits per heavy atom. The second kappa shape index (κ2) is 6.56. The molecule has 1 aliphatic rings. The van der Waals surface area contributed by atoms with E-state index in [0.29, 0.717) is 0 Å². The van der Waals surface area contributed by atoms with Crippen LogP contribution in [0.4, 0.5) is 0 Å². The van der Waals surface area contributed by atoms with Crippen molar-refractivity contribution in [2.75, 3.05) is 6.61 Å². The highest BCUT2D eigenvalue weighted by Crippen LogP contribution is 2.28. The zero-order chi connectivity index (χ0) is 16.2. The molecular formula is C17H19NO4. The molecule has 0 spiro atoms. The summed E-state index contributed by atoms with van der Waals surface area (Å²) < 4.78 is 10.6. The quantitative estimate of drug-likeness (QED) is 0.784. The Morgan fingerprint density at radius 3 is 2.64 bits per heavy atom. The van der Waals surface area contributed by atoms with Gasteiger partial charge in [-0.15, -0.1) is 0 Å². The number of ether oxygens (including phenoxy) is 2. The largest absolute Gasteiger partial charge is 0.465 e. The first-order valence-corrected chi connectivity index (χ1v) is 7.04. The number of carbonyl (C=O) groups excluding carboxylic acids is 2. The summed E-state index contributed by atoms with van der Waals surface area (Å²) in [7, 11) is 0. The van der Waals surface area contributed by atoms with Crippen LogP contribution in [0.15, 0.2) is 41.4 Å². The number of esters is 1. The van der Waals surface area contributed by atoms with Gasteiger partial charge in [0, 0.05) is 18.4 Å². The lowest BCUT2D eigenvalue weighted by Gasteiger charge is -2.28. The van der Waals surface area contributed by atoms with E-state index in [4.69, 9.17) is 9.47 Å². The molecule has 0 bridgehead atoms. The third-order valence-corrected chi connectivity index (χ3v) is 3.26. The van der Waals surface area contributed by atoms with Crippen molar-refractivity contribution in [3.8, 4) is 0 Å². The second-order valence-corrected chi connectivity index (χ2v) is 5.80. The number of carbonyl (C=O) groups is 2. The van der Waals surface area contributed by atoms with Crippen LogP contribution >= 0.6 is 0 Å². The summed E-state index contributed by atoms with van der Waals surface area (Å²) in [6, 6.07) is 9.66. The van der Waals surface area contributed by atoms with Crippen molar-refractivity contribution in [3.05, 3.63) is 42.0 Å². The first-order valence-electron chi connectivity index (χ1n) is 7.04. The molecular weight excluding hydrogens is 282 g/mol. The first kappa shape index (κ1) is 15.9. The van der Waals surface area contributed by atoms with Crippen LogP contribution in [0.25, 0.3) is 6.08 Å². The fourth-order valence-corrected chi connectivity index (χ4v) is 2.03. The molecule has 22 heavy (non-hydrogen) atoms. The summed E-state index contributed by atoms with van der Waals surface area (Å²) in [4.78, 5) is 26.8. The molecule has 1 aliphatic heterocycles. The smallest absolute Gasteiger partial charge is 0.302 e. The number of amides is 1. The Labute approximate surface area is 129 Å². The van der Waals surface area contributed by atoms with Crippen molar-refractivity contribution in [1.29, 1.82) is 0 Å². The van der Waals surface area contributed by atoms with E-state index in [-0.39, 0.29) is 24.4 Å². The fraction of sp³-hybridized carbons (Fsp3) is 0.353. The van der Waals surface area contributed by atoms with Gasteiger partial charge in [0.2, 0.25) is 5.90 Å². The van der Waals surface area contributed by atoms with Gasteiger partial charge in [0.25, 0.3) is 5.91 Å². The third kappa shape index (κ3) is 4.04. The molecule has 0 radical (unpaired) electrons. The summed E-state index contributed by atoms with van der Waals surface area (Å²) in [6.07, 6.45) is 2.74. The molecule has 0 saturated heterocycles. The molecule has 1 aromatic carbocycles. The molecule has 0 N–H and O–H groups in total. The molecule has 0 aromatic heterocycles.